The molecule has 2 heterocycles. The molecule has 7 heteroatoms. The maximum absolute atomic E-state index is 4.98. The van der Waals surface area contributed by atoms with Crippen LogP contribution in [-0.4, -0.2) is 31.9 Å². The minimum absolute atomic E-state index is 0.426. The van der Waals surface area contributed by atoms with Gasteiger partial charge < -0.3 is 9.84 Å². The summed E-state index contributed by atoms with van der Waals surface area (Å²) in [6, 6.07) is 0. The molecule has 2 rings (SSSR count). The summed E-state index contributed by atoms with van der Waals surface area (Å²) in [5.74, 6) is 1.48. The van der Waals surface area contributed by atoms with E-state index in [2.05, 4.69) is 30.6 Å². The van der Waals surface area contributed by atoms with E-state index in [4.69, 9.17) is 4.52 Å². The van der Waals surface area contributed by atoms with Crippen LogP contribution >= 0.6 is 0 Å². The Balaban J connectivity index is 2.10. The second-order valence-corrected chi connectivity index (χ2v) is 2.63. The molecular formula is C7H10N6O. The van der Waals surface area contributed by atoms with Gasteiger partial charge in [0.2, 0.25) is 11.7 Å². The predicted octanol–water partition coefficient (Wildman–Crippen LogP) is -0.0358. The van der Waals surface area contributed by atoms with E-state index in [0.29, 0.717) is 24.1 Å². The van der Waals surface area contributed by atoms with Gasteiger partial charge in [0.15, 0.2) is 5.82 Å². The summed E-state index contributed by atoms with van der Waals surface area (Å²) < 4.78 is 4.98. The van der Waals surface area contributed by atoms with Crippen molar-refractivity contribution in [2.75, 3.05) is 6.54 Å². The van der Waals surface area contributed by atoms with E-state index >= 15 is 0 Å². The number of nitrogens with one attached hydrogen (secondary N) is 2. The largest absolute Gasteiger partial charge is 0.337 e. The van der Waals surface area contributed by atoms with Crippen LogP contribution in [0.4, 0.5) is 0 Å². The number of hydrogen-bond acceptors (Lipinski definition) is 6. The fourth-order valence-corrected chi connectivity index (χ4v) is 0.968. The molecule has 0 amide bonds. The Morgan fingerprint density at radius 1 is 1.57 bits per heavy atom. The average molecular weight is 194 g/mol. The second kappa shape index (κ2) is 3.97. The predicted molar refractivity (Wildman–Crippen MR) is 47.1 cm³/mol. The molecule has 14 heavy (non-hydrogen) atoms. The van der Waals surface area contributed by atoms with Crippen molar-refractivity contribution in [2.24, 2.45) is 0 Å². The molecule has 0 bridgehead atoms. The standard InChI is InChI=1S/C7H10N6O/c1-2-8-3-5-11-7(13-14-5)6-9-4-10-12-6/h4,8H,2-3H2,1H3,(H,9,10,12). The average Bonchev–Trinajstić information content (AvgIpc) is 2.85. The normalized spacial score (nSPS) is 10.6. The highest BCUT2D eigenvalue weighted by Crippen LogP contribution is 2.07. The highest BCUT2D eigenvalue weighted by Gasteiger charge is 2.09. The molecule has 2 aromatic rings. The Morgan fingerprint density at radius 3 is 3.21 bits per heavy atom. The van der Waals surface area contributed by atoms with Crippen molar-refractivity contribution in [1.29, 1.82) is 0 Å². The molecule has 0 atom stereocenters. The Morgan fingerprint density at radius 2 is 2.50 bits per heavy atom. The Bertz CT molecular complexity index is 381. The summed E-state index contributed by atoms with van der Waals surface area (Å²) in [5, 5.41) is 13.2. The van der Waals surface area contributed by atoms with Gasteiger partial charge in [0, 0.05) is 0 Å². The first-order valence-electron chi connectivity index (χ1n) is 4.29. The Hall–Kier alpha value is -1.76. The number of aromatic amines is 1. The van der Waals surface area contributed by atoms with Crippen molar-refractivity contribution in [2.45, 2.75) is 13.5 Å². The fourth-order valence-electron chi connectivity index (χ4n) is 0.968. The topological polar surface area (TPSA) is 92.5 Å². The lowest BCUT2D eigenvalue weighted by molar-refractivity contribution is 0.369. The molecule has 7 nitrogen and oxygen atoms in total. The second-order valence-electron chi connectivity index (χ2n) is 2.63. The van der Waals surface area contributed by atoms with E-state index in [0.717, 1.165) is 6.54 Å². The van der Waals surface area contributed by atoms with Crippen LogP contribution < -0.4 is 5.32 Å². The molecule has 0 unspecified atom stereocenters. The van der Waals surface area contributed by atoms with Crippen molar-refractivity contribution < 1.29 is 4.52 Å². The van der Waals surface area contributed by atoms with Crippen molar-refractivity contribution in [3.8, 4) is 11.6 Å². The highest BCUT2D eigenvalue weighted by atomic mass is 16.5. The van der Waals surface area contributed by atoms with E-state index < -0.39 is 0 Å². The summed E-state index contributed by atoms with van der Waals surface area (Å²) in [4.78, 5) is 8.02. The van der Waals surface area contributed by atoms with E-state index in [1.165, 1.54) is 6.33 Å². The van der Waals surface area contributed by atoms with Gasteiger partial charge in [-0.2, -0.15) is 10.1 Å². The third kappa shape index (κ3) is 1.77. The zero-order valence-electron chi connectivity index (χ0n) is 7.69. The number of aromatic nitrogens is 5. The molecule has 0 spiro atoms. The SMILES string of the molecule is CCNCc1nc(-c2ncn[nH]2)no1. The summed E-state index contributed by atoms with van der Waals surface area (Å²) in [7, 11) is 0. The van der Waals surface area contributed by atoms with Crippen molar-refractivity contribution in [3.05, 3.63) is 12.2 Å². The van der Waals surface area contributed by atoms with Gasteiger partial charge in [-0.15, -0.1) is 0 Å². The van der Waals surface area contributed by atoms with Crippen molar-refractivity contribution in [3.63, 3.8) is 0 Å². The van der Waals surface area contributed by atoms with Crippen LogP contribution in [0.1, 0.15) is 12.8 Å². The molecule has 74 valence electrons. The smallest absolute Gasteiger partial charge is 0.241 e. The zero-order valence-corrected chi connectivity index (χ0v) is 7.69. The maximum Gasteiger partial charge on any atom is 0.241 e. The van der Waals surface area contributed by atoms with Crippen LogP contribution in [0.3, 0.4) is 0 Å². The number of hydrogen-bond donors (Lipinski definition) is 2. The lowest BCUT2D eigenvalue weighted by Gasteiger charge is -1.91. The molecule has 2 aromatic heterocycles. The molecule has 0 saturated heterocycles. The lowest BCUT2D eigenvalue weighted by Crippen LogP contribution is -2.11. The Kier molecular flexibility index (Phi) is 2.50. The Labute approximate surface area is 79.9 Å². The molecule has 0 aromatic carbocycles. The van der Waals surface area contributed by atoms with Gasteiger partial charge >= 0.3 is 0 Å². The maximum atomic E-state index is 4.98. The van der Waals surface area contributed by atoms with Crippen LogP contribution in [0.15, 0.2) is 10.9 Å². The minimum Gasteiger partial charge on any atom is -0.337 e. The summed E-state index contributed by atoms with van der Waals surface area (Å²) in [6.07, 6.45) is 1.40. The summed E-state index contributed by atoms with van der Waals surface area (Å²) in [5.41, 5.74) is 0. The number of H-pyrrole nitrogens is 1. The molecule has 0 saturated carbocycles. The van der Waals surface area contributed by atoms with E-state index in [-0.39, 0.29) is 0 Å². The van der Waals surface area contributed by atoms with E-state index in [1.54, 1.807) is 0 Å². The van der Waals surface area contributed by atoms with E-state index in [9.17, 15) is 0 Å². The molecule has 0 aliphatic carbocycles. The van der Waals surface area contributed by atoms with Gasteiger partial charge in [0.05, 0.1) is 6.54 Å². The van der Waals surface area contributed by atoms with Gasteiger partial charge in [-0.1, -0.05) is 12.1 Å². The molecule has 0 radical (unpaired) electrons. The molecule has 2 N–H and O–H groups in total. The van der Waals surface area contributed by atoms with Crippen LogP contribution in [0.5, 0.6) is 0 Å². The number of nitrogens with zero attached hydrogens (tertiary/aromatic N) is 4. The van der Waals surface area contributed by atoms with Gasteiger partial charge in [0.1, 0.15) is 6.33 Å². The van der Waals surface area contributed by atoms with Crippen LogP contribution in [-0.2, 0) is 6.54 Å². The minimum atomic E-state index is 0.426. The van der Waals surface area contributed by atoms with E-state index in [1.807, 2.05) is 6.92 Å². The van der Waals surface area contributed by atoms with Gasteiger partial charge in [-0.3, -0.25) is 5.10 Å². The molecule has 0 aliphatic heterocycles. The quantitative estimate of drug-likeness (QED) is 0.709. The first kappa shape index (κ1) is 8.82. The zero-order chi connectivity index (χ0) is 9.80. The molecule has 0 aliphatic rings. The van der Waals surface area contributed by atoms with Crippen molar-refractivity contribution in [1.82, 2.24) is 30.6 Å². The third-order valence-corrected chi connectivity index (χ3v) is 1.62. The van der Waals surface area contributed by atoms with Crippen molar-refractivity contribution >= 4 is 0 Å². The molecular weight excluding hydrogens is 184 g/mol. The van der Waals surface area contributed by atoms with Gasteiger partial charge in [0.25, 0.3) is 0 Å². The first-order chi connectivity index (χ1) is 6.90. The van der Waals surface area contributed by atoms with Gasteiger partial charge in [-0.05, 0) is 6.54 Å². The highest BCUT2D eigenvalue weighted by molar-refractivity contribution is 5.39. The first-order valence-corrected chi connectivity index (χ1v) is 4.29. The van der Waals surface area contributed by atoms with Crippen LogP contribution in [0.2, 0.25) is 0 Å². The summed E-state index contributed by atoms with van der Waals surface area (Å²) >= 11 is 0. The third-order valence-electron chi connectivity index (χ3n) is 1.62. The lowest BCUT2D eigenvalue weighted by atomic mass is 10.5. The van der Waals surface area contributed by atoms with Crippen LogP contribution in [0, 0.1) is 0 Å². The monoisotopic (exact) mass is 194 g/mol. The van der Waals surface area contributed by atoms with Crippen LogP contribution in [0.25, 0.3) is 11.6 Å². The molecule has 0 fully saturated rings. The fraction of sp³-hybridized carbons (Fsp3) is 0.429. The summed E-state index contributed by atoms with van der Waals surface area (Å²) in [6.45, 7) is 3.44. The van der Waals surface area contributed by atoms with Gasteiger partial charge in [-0.25, -0.2) is 4.98 Å². The number of rotatable bonds is 4.